The number of ether oxygens (including phenoxy) is 1. The summed E-state index contributed by atoms with van der Waals surface area (Å²) in [5, 5.41) is 9.21. The number of anilines is 1. The number of benzene rings is 2. The topological polar surface area (TPSA) is 130 Å². The molecule has 0 atom stereocenters. The summed E-state index contributed by atoms with van der Waals surface area (Å²) in [4.78, 5) is 23.9. The summed E-state index contributed by atoms with van der Waals surface area (Å²) in [5.74, 6) is -0.714. The van der Waals surface area contributed by atoms with Gasteiger partial charge in [-0.3, -0.25) is 5.10 Å². The molecular formula is C18H15ClN4O5S. The average molecular weight is 435 g/mol. The van der Waals surface area contributed by atoms with Crippen LogP contribution >= 0.6 is 11.6 Å². The summed E-state index contributed by atoms with van der Waals surface area (Å²) in [5.41, 5.74) is 1.38. The zero-order chi connectivity index (χ0) is 21.0. The number of methoxy groups -OCH3 is 1. The molecule has 0 fully saturated rings. The van der Waals surface area contributed by atoms with Gasteiger partial charge in [0.25, 0.3) is 10.0 Å². The third-order valence-electron chi connectivity index (χ3n) is 3.82. The van der Waals surface area contributed by atoms with Gasteiger partial charge in [-0.15, -0.1) is 0 Å². The number of urea groups is 1. The largest absolute Gasteiger partial charge is 0.465 e. The molecule has 3 rings (SSSR count). The Hall–Kier alpha value is -3.37. The van der Waals surface area contributed by atoms with Crippen LogP contribution in [0.25, 0.3) is 11.3 Å². The van der Waals surface area contributed by atoms with E-state index in [0.717, 1.165) is 0 Å². The lowest BCUT2D eigenvalue weighted by molar-refractivity contribution is 0.0602. The van der Waals surface area contributed by atoms with E-state index < -0.39 is 22.0 Å². The lowest BCUT2D eigenvalue weighted by Gasteiger charge is -2.12. The molecule has 0 aliphatic rings. The second kappa shape index (κ2) is 8.33. The maximum atomic E-state index is 12.5. The zero-order valence-electron chi connectivity index (χ0n) is 15.0. The first-order valence-electron chi connectivity index (χ1n) is 8.12. The number of aromatic nitrogens is 2. The van der Waals surface area contributed by atoms with Crippen LogP contribution in [0.4, 0.5) is 10.5 Å². The number of halogens is 1. The van der Waals surface area contributed by atoms with Gasteiger partial charge in [0.15, 0.2) is 0 Å². The minimum absolute atomic E-state index is 0.00549. The summed E-state index contributed by atoms with van der Waals surface area (Å²) >= 11 is 5.88. The normalized spacial score (nSPS) is 11.0. The van der Waals surface area contributed by atoms with Crippen molar-refractivity contribution in [1.29, 1.82) is 0 Å². The number of carbonyl (C=O) groups is 2. The maximum absolute atomic E-state index is 12.5. The van der Waals surface area contributed by atoms with E-state index in [2.05, 4.69) is 20.3 Å². The van der Waals surface area contributed by atoms with Crippen LogP contribution in [0.3, 0.4) is 0 Å². The summed E-state index contributed by atoms with van der Waals surface area (Å²) < 4.78 is 31.4. The van der Waals surface area contributed by atoms with Crippen molar-refractivity contribution in [1.82, 2.24) is 14.9 Å². The Morgan fingerprint density at radius 3 is 2.45 bits per heavy atom. The monoisotopic (exact) mass is 434 g/mol. The first kappa shape index (κ1) is 20.4. The number of hydrogen-bond donors (Lipinski definition) is 3. The van der Waals surface area contributed by atoms with Crippen molar-refractivity contribution in [2.24, 2.45) is 0 Å². The van der Waals surface area contributed by atoms with Crippen LogP contribution in [0, 0.1) is 0 Å². The Morgan fingerprint density at radius 2 is 1.83 bits per heavy atom. The minimum atomic E-state index is -4.15. The van der Waals surface area contributed by atoms with Crippen molar-refractivity contribution >= 4 is 39.3 Å². The van der Waals surface area contributed by atoms with E-state index in [1.54, 1.807) is 24.4 Å². The first-order chi connectivity index (χ1) is 13.8. The summed E-state index contributed by atoms with van der Waals surface area (Å²) in [6.45, 7) is 0. The predicted octanol–water partition coefficient (Wildman–Crippen LogP) is 3.03. The highest BCUT2D eigenvalue weighted by atomic mass is 35.5. The van der Waals surface area contributed by atoms with Crippen molar-refractivity contribution in [2.45, 2.75) is 4.90 Å². The first-order valence-corrected chi connectivity index (χ1v) is 9.98. The number of hydrogen-bond acceptors (Lipinski definition) is 6. The standard InChI is InChI=1S/C18H15ClN4O5S/c1-28-17(24)14-7-4-12(19)10-16(14)21-18(25)23-29(26,27)13-5-2-11(3-6-13)15-8-9-20-22-15/h2-10H,1H3,(H,20,22)(H2,21,23,25). The molecule has 1 heterocycles. The maximum Gasteiger partial charge on any atom is 0.339 e. The van der Waals surface area contributed by atoms with Crippen LogP contribution in [0.2, 0.25) is 5.02 Å². The summed E-state index contributed by atoms with van der Waals surface area (Å²) in [6, 6.07) is 10.6. The molecule has 0 unspecified atom stereocenters. The fourth-order valence-electron chi connectivity index (χ4n) is 2.46. The average Bonchev–Trinajstić information content (AvgIpc) is 3.22. The predicted molar refractivity (Wildman–Crippen MR) is 106 cm³/mol. The van der Waals surface area contributed by atoms with E-state index in [0.29, 0.717) is 11.3 Å². The molecule has 0 saturated heterocycles. The number of esters is 1. The van der Waals surface area contributed by atoms with Crippen LogP contribution in [-0.4, -0.2) is 37.7 Å². The molecule has 0 spiro atoms. The third-order valence-corrected chi connectivity index (χ3v) is 5.41. The number of carbonyl (C=O) groups excluding carboxylic acids is 2. The Kier molecular flexibility index (Phi) is 5.85. The third kappa shape index (κ3) is 4.73. The molecule has 29 heavy (non-hydrogen) atoms. The number of sulfonamides is 1. The van der Waals surface area contributed by atoms with E-state index in [1.807, 2.05) is 4.72 Å². The zero-order valence-corrected chi connectivity index (χ0v) is 16.5. The van der Waals surface area contributed by atoms with E-state index in [4.69, 9.17) is 11.6 Å². The molecule has 0 bridgehead atoms. The number of H-pyrrole nitrogens is 1. The van der Waals surface area contributed by atoms with Gasteiger partial charge >= 0.3 is 12.0 Å². The van der Waals surface area contributed by atoms with Gasteiger partial charge in [0.1, 0.15) is 0 Å². The lowest BCUT2D eigenvalue weighted by Crippen LogP contribution is -2.34. The molecule has 0 radical (unpaired) electrons. The molecular weight excluding hydrogens is 420 g/mol. The van der Waals surface area contributed by atoms with Gasteiger partial charge in [-0.1, -0.05) is 23.7 Å². The van der Waals surface area contributed by atoms with Gasteiger partial charge in [0, 0.05) is 16.8 Å². The quantitative estimate of drug-likeness (QED) is 0.529. The highest BCUT2D eigenvalue weighted by molar-refractivity contribution is 7.90. The fraction of sp³-hybridized carbons (Fsp3) is 0.0556. The summed E-state index contributed by atoms with van der Waals surface area (Å²) in [7, 11) is -2.97. The fourth-order valence-corrected chi connectivity index (χ4v) is 3.54. The highest BCUT2D eigenvalue weighted by Gasteiger charge is 2.20. The van der Waals surface area contributed by atoms with Crippen molar-refractivity contribution < 1.29 is 22.7 Å². The van der Waals surface area contributed by atoms with Gasteiger partial charge in [-0.2, -0.15) is 5.10 Å². The van der Waals surface area contributed by atoms with Gasteiger partial charge < -0.3 is 10.1 Å². The van der Waals surface area contributed by atoms with Crippen molar-refractivity contribution in [3.05, 3.63) is 65.3 Å². The van der Waals surface area contributed by atoms with Crippen molar-refractivity contribution in [3.63, 3.8) is 0 Å². The summed E-state index contributed by atoms with van der Waals surface area (Å²) in [6.07, 6.45) is 1.64. The molecule has 2 amide bonds. The van der Waals surface area contributed by atoms with E-state index in [1.165, 1.54) is 37.4 Å². The lowest BCUT2D eigenvalue weighted by atomic mass is 10.2. The van der Waals surface area contributed by atoms with Crippen molar-refractivity contribution in [2.75, 3.05) is 12.4 Å². The minimum Gasteiger partial charge on any atom is -0.465 e. The number of amides is 2. The smallest absolute Gasteiger partial charge is 0.339 e. The number of nitrogens with zero attached hydrogens (tertiary/aromatic N) is 1. The molecule has 9 nitrogen and oxygen atoms in total. The molecule has 11 heteroatoms. The second-order valence-corrected chi connectivity index (χ2v) is 7.84. The molecule has 0 saturated carbocycles. The Bertz CT molecular complexity index is 1150. The number of nitrogens with one attached hydrogen (secondary N) is 3. The molecule has 2 aromatic carbocycles. The molecule has 0 aliphatic heterocycles. The van der Waals surface area contributed by atoms with Gasteiger partial charge in [0.05, 0.1) is 29.0 Å². The van der Waals surface area contributed by atoms with E-state index in [9.17, 15) is 18.0 Å². The van der Waals surface area contributed by atoms with Crippen molar-refractivity contribution in [3.8, 4) is 11.3 Å². The Balaban J connectivity index is 1.76. The molecule has 150 valence electrons. The second-order valence-electron chi connectivity index (χ2n) is 5.72. The van der Waals surface area contributed by atoms with E-state index >= 15 is 0 Å². The molecule has 3 N–H and O–H groups in total. The number of rotatable bonds is 5. The Morgan fingerprint density at radius 1 is 1.10 bits per heavy atom. The van der Waals surface area contributed by atoms with Crippen LogP contribution < -0.4 is 10.0 Å². The van der Waals surface area contributed by atoms with Crippen LogP contribution in [0.15, 0.2) is 59.6 Å². The molecule has 0 aliphatic carbocycles. The van der Waals surface area contributed by atoms with Crippen LogP contribution in [0.5, 0.6) is 0 Å². The van der Waals surface area contributed by atoms with Gasteiger partial charge in [-0.05, 0) is 36.4 Å². The van der Waals surface area contributed by atoms with Gasteiger partial charge in [0.2, 0.25) is 0 Å². The van der Waals surface area contributed by atoms with Crippen LogP contribution in [0.1, 0.15) is 10.4 Å². The molecule has 3 aromatic rings. The molecule has 1 aromatic heterocycles. The SMILES string of the molecule is COC(=O)c1ccc(Cl)cc1NC(=O)NS(=O)(=O)c1ccc(-c2cc[nH]n2)cc1. The highest BCUT2D eigenvalue weighted by Crippen LogP contribution is 2.22. The van der Waals surface area contributed by atoms with Crippen LogP contribution in [-0.2, 0) is 14.8 Å². The van der Waals surface area contributed by atoms with E-state index in [-0.39, 0.29) is 21.2 Å². The Labute approximate surface area is 171 Å². The van der Waals surface area contributed by atoms with Gasteiger partial charge in [-0.25, -0.2) is 22.7 Å². The number of aromatic amines is 1.